The fraction of sp³-hybridized carbons (Fsp3) is 1.00. The lowest BCUT2D eigenvalue weighted by molar-refractivity contribution is -0.556. The van der Waals surface area contributed by atoms with E-state index in [-0.39, 0.29) is 0 Å². The predicted octanol–water partition coefficient (Wildman–Crippen LogP) is 1.92. The van der Waals surface area contributed by atoms with Crippen LogP contribution in [0.3, 0.4) is 0 Å². The van der Waals surface area contributed by atoms with E-state index in [1.165, 1.54) is 0 Å². The van der Waals surface area contributed by atoms with E-state index in [2.05, 4.69) is 12.2 Å². The Kier molecular flexibility index (Phi) is 5.82. The number of rotatable bonds is 5. The van der Waals surface area contributed by atoms with E-state index in [1.807, 2.05) is 0 Å². The zero-order chi connectivity index (χ0) is 7.82. The molecule has 0 aromatic carbocycles. The second kappa shape index (κ2) is 6.32. The second-order valence-corrected chi connectivity index (χ2v) is 2.23. The molecule has 0 bridgehead atoms. The molecule has 0 saturated carbocycles. The quantitative estimate of drug-likeness (QED) is 0.279. The number of unbranched alkanes of at least 4 members (excludes halogenated alkanes) is 3. The second-order valence-electron chi connectivity index (χ2n) is 2.23. The van der Waals surface area contributed by atoms with Gasteiger partial charge in [-0.2, -0.15) is 0 Å². The SMILES string of the molecule is CCCCCC[N+]([O-])=NO. The van der Waals surface area contributed by atoms with Crippen molar-refractivity contribution in [2.24, 2.45) is 5.28 Å². The maximum absolute atomic E-state index is 10.3. The molecule has 0 aromatic rings. The Labute approximate surface area is 60.7 Å². The molecule has 0 rings (SSSR count). The van der Waals surface area contributed by atoms with Gasteiger partial charge in [-0.15, -0.1) is 0 Å². The van der Waals surface area contributed by atoms with Gasteiger partial charge in [0.1, 0.15) is 0 Å². The van der Waals surface area contributed by atoms with Gasteiger partial charge in [-0.25, -0.2) is 0 Å². The van der Waals surface area contributed by atoms with Gasteiger partial charge >= 0.3 is 0 Å². The zero-order valence-electron chi connectivity index (χ0n) is 6.29. The molecule has 0 aliphatic rings. The Bertz CT molecular complexity index is 104. The van der Waals surface area contributed by atoms with Crippen molar-refractivity contribution >= 4 is 0 Å². The molecular formula is C6H14N2O2. The van der Waals surface area contributed by atoms with Crippen LogP contribution in [-0.2, 0) is 0 Å². The van der Waals surface area contributed by atoms with Gasteiger partial charge in [0.2, 0.25) is 0 Å². The molecule has 1 N–H and O–H groups in total. The number of hydroxylamine groups is 1. The third-order valence-electron chi connectivity index (χ3n) is 1.30. The van der Waals surface area contributed by atoms with E-state index in [1.54, 1.807) is 0 Å². The molecule has 0 fully saturated rings. The first kappa shape index (κ1) is 9.20. The number of hydrogen-bond acceptors (Lipinski definition) is 2. The Balaban J connectivity index is 3.04. The largest absolute Gasteiger partial charge is 0.597 e. The summed E-state index contributed by atoms with van der Waals surface area (Å²) in [5, 5.41) is 20.7. The minimum atomic E-state index is 0.301. The first-order valence-electron chi connectivity index (χ1n) is 3.61. The standard InChI is InChI=1S/C6H14N2O2/c1-2-3-4-5-6-8(10)7-9/h9H,2-6H2,1H3. The lowest BCUT2D eigenvalue weighted by Crippen LogP contribution is -2.01. The zero-order valence-corrected chi connectivity index (χ0v) is 6.29. The van der Waals surface area contributed by atoms with Crippen LogP contribution in [0, 0.1) is 5.21 Å². The minimum Gasteiger partial charge on any atom is -0.597 e. The Hall–Kier alpha value is -0.800. The summed E-state index contributed by atoms with van der Waals surface area (Å²) in [6.45, 7) is 2.40. The van der Waals surface area contributed by atoms with Crippen LogP contribution in [0.2, 0.25) is 0 Å². The van der Waals surface area contributed by atoms with Crippen LogP contribution in [0.4, 0.5) is 0 Å². The van der Waals surface area contributed by atoms with Gasteiger partial charge in [-0.3, -0.25) is 0 Å². The molecule has 60 valence electrons. The summed E-state index contributed by atoms with van der Waals surface area (Å²) in [6, 6.07) is 0. The van der Waals surface area contributed by atoms with E-state index in [0.717, 1.165) is 25.7 Å². The van der Waals surface area contributed by atoms with Gasteiger partial charge in [0.15, 0.2) is 11.8 Å². The summed E-state index contributed by atoms with van der Waals surface area (Å²) >= 11 is 0. The Morgan fingerprint density at radius 1 is 1.40 bits per heavy atom. The minimum absolute atomic E-state index is 0.301. The molecule has 0 saturated heterocycles. The summed E-state index contributed by atoms with van der Waals surface area (Å²) in [5.74, 6) is 0. The van der Waals surface area contributed by atoms with Gasteiger partial charge in [0, 0.05) is 6.42 Å². The average molecular weight is 146 g/mol. The molecule has 0 unspecified atom stereocenters. The summed E-state index contributed by atoms with van der Waals surface area (Å²) in [7, 11) is 0. The summed E-state index contributed by atoms with van der Waals surface area (Å²) in [5.41, 5.74) is 0. The first-order chi connectivity index (χ1) is 4.81. The van der Waals surface area contributed by atoms with Crippen LogP contribution >= 0.6 is 0 Å². The van der Waals surface area contributed by atoms with Gasteiger partial charge in [0.05, 0.1) is 0 Å². The Morgan fingerprint density at radius 2 is 2.10 bits per heavy atom. The molecule has 0 amide bonds. The lowest BCUT2D eigenvalue weighted by Gasteiger charge is -1.96. The number of hydrogen-bond donors (Lipinski definition) is 1. The van der Waals surface area contributed by atoms with E-state index < -0.39 is 0 Å². The van der Waals surface area contributed by atoms with Crippen molar-refractivity contribution in [3.63, 3.8) is 0 Å². The van der Waals surface area contributed by atoms with Crippen LogP contribution in [0.1, 0.15) is 32.6 Å². The molecular weight excluding hydrogens is 132 g/mol. The van der Waals surface area contributed by atoms with Crippen LogP contribution in [0.15, 0.2) is 5.28 Å². The molecule has 0 atom stereocenters. The Morgan fingerprint density at radius 3 is 2.60 bits per heavy atom. The maximum atomic E-state index is 10.3. The van der Waals surface area contributed by atoms with Gasteiger partial charge in [0.25, 0.3) is 0 Å². The van der Waals surface area contributed by atoms with Crippen molar-refractivity contribution in [2.45, 2.75) is 32.6 Å². The molecule has 0 heterocycles. The normalized spacial score (nSPS) is 11.9. The molecule has 0 aliphatic carbocycles. The van der Waals surface area contributed by atoms with Crippen molar-refractivity contribution < 1.29 is 10.1 Å². The van der Waals surface area contributed by atoms with Crippen LogP contribution in [-0.4, -0.2) is 16.6 Å². The summed E-state index contributed by atoms with van der Waals surface area (Å²) < 4.78 is 0. The smallest absolute Gasteiger partial charge is 0.197 e. The lowest BCUT2D eigenvalue weighted by atomic mass is 10.2. The van der Waals surface area contributed by atoms with E-state index in [9.17, 15) is 5.21 Å². The van der Waals surface area contributed by atoms with Crippen molar-refractivity contribution in [2.75, 3.05) is 6.54 Å². The topological polar surface area (TPSA) is 58.7 Å². The third-order valence-corrected chi connectivity index (χ3v) is 1.30. The molecule has 0 radical (unpaired) electrons. The highest BCUT2D eigenvalue weighted by atomic mass is 16.6. The van der Waals surface area contributed by atoms with Gasteiger partial charge in [-0.05, 0) is 6.42 Å². The molecule has 0 aliphatic heterocycles. The highest BCUT2D eigenvalue weighted by Crippen LogP contribution is 1.98. The van der Waals surface area contributed by atoms with Crippen molar-refractivity contribution in [3.05, 3.63) is 5.21 Å². The summed E-state index contributed by atoms with van der Waals surface area (Å²) in [4.78, 5) is 0.301. The van der Waals surface area contributed by atoms with Crippen molar-refractivity contribution in [1.82, 2.24) is 0 Å². The highest BCUT2D eigenvalue weighted by molar-refractivity contribution is 4.36. The van der Waals surface area contributed by atoms with E-state index in [0.29, 0.717) is 11.4 Å². The fourth-order valence-electron chi connectivity index (χ4n) is 0.719. The molecule has 0 aromatic heterocycles. The predicted molar refractivity (Wildman–Crippen MR) is 36.9 cm³/mol. The monoisotopic (exact) mass is 146 g/mol. The highest BCUT2D eigenvalue weighted by Gasteiger charge is 1.93. The molecule has 4 nitrogen and oxygen atoms in total. The molecule has 10 heavy (non-hydrogen) atoms. The van der Waals surface area contributed by atoms with E-state index >= 15 is 0 Å². The van der Waals surface area contributed by atoms with Crippen LogP contribution < -0.4 is 0 Å². The van der Waals surface area contributed by atoms with Gasteiger partial charge < -0.3 is 10.4 Å². The van der Waals surface area contributed by atoms with Crippen molar-refractivity contribution in [3.8, 4) is 0 Å². The van der Waals surface area contributed by atoms with Crippen LogP contribution in [0.5, 0.6) is 0 Å². The first-order valence-corrected chi connectivity index (χ1v) is 3.61. The van der Waals surface area contributed by atoms with Crippen molar-refractivity contribution in [1.29, 1.82) is 0 Å². The summed E-state index contributed by atoms with van der Waals surface area (Å²) in [6.07, 6.45) is 4.13. The van der Waals surface area contributed by atoms with Gasteiger partial charge in [-0.1, -0.05) is 24.6 Å². The maximum Gasteiger partial charge on any atom is 0.197 e. The van der Waals surface area contributed by atoms with E-state index in [4.69, 9.17) is 5.21 Å². The third kappa shape index (κ3) is 5.34. The fourth-order valence-corrected chi connectivity index (χ4v) is 0.719. The molecule has 0 spiro atoms. The number of nitrogens with zero attached hydrogens (tertiary/aromatic N) is 2. The molecule has 4 heteroatoms. The van der Waals surface area contributed by atoms with Crippen LogP contribution in [0.25, 0.3) is 0 Å². The average Bonchev–Trinajstić information content (AvgIpc) is 1.98.